The number of para-hydroxylation sites is 1. The van der Waals surface area contributed by atoms with E-state index in [1.165, 1.54) is 5.56 Å². The van der Waals surface area contributed by atoms with Gasteiger partial charge in [0.25, 0.3) is 0 Å². The number of halogens is 1. The molecular formula is C20H20BrNO2. The molecule has 2 aromatic carbocycles. The van der Waals surface area contributed by atoms with Gasteiger partial charge in [-0.15, -0.1) is 0 Å². The lowest BCUT2D eigenvalue weighted by atomic mass is 10.1. The Hall–Kier alpha value is -2.04. The Labute approximate surface area is 150 Å². The molecule has 0 saturated carbocycles. The fourth-order valence-electron chi connectivity index (χ4n) is 2.60. The van der Waals surface area contributed by atoms with Gasteiger partial charge in [0, 0.05) is 22.1 Å². The second kappa shape index (κ2) is 7.69. The molecule has 0 aliphatic carbocycles. The Morgan fingerprint density at radius 3 is 2.67 bits per heavy atom. The fourth-order valence-corrected chi connectivity index (χ4v) is 2.84. The first kappa shape index (κ1) is 16.8. The topological polar surface area (TPSA) is 34.4 Å². The SMILES string of the molecule is COc1ccccc1CNCc1ccc(-c2ccc(Br)c(C)c2)o1. The van der Waals surface area contributed by atoms with Gasteiger partial charge >= 0.3 is 0 Å². The van der Waals surface area contributed by atoms with Crippen molar-refractivity contribution in [1.29, 1.82) is 0 Å². The summed E-state index contributed by atoms with van der Waals surface area (Å²) in [5.41, 5.74) is 3.42. The monoisotopic (exact) mass is 385 g/mol. The normalized spacial score (nSPS) is 10.8. The van der Waals surface area contributed by atoms with Crippen molar-refractivity contribution >= 4 is 15.9 Å². The van der Waals surface area contributed by atoms with Crippen molar-refractivity contribution in [3.8, 4) is 17.1 Å². The number of benzene rings is 2. The van der Waals surface area contributed by atoms with E-state index >= 15 is 0 Å². The molecule has 0 amide bonds. The average Bonchev–Trinajstić information content (AvgIpc) is 3.06. The third-order valence-electron chi connectivity index (χ3n) is 3.91. The molecule has 0 atom stereocenters. The van der Waals surface area contributed by atoms with Crippen molar-refractivity contribution in [2.24, 2.45) is 0 Å². The summed E-state index contributed by atoms with van der Waals surface area (Å²) < 4.78 is 12.4. The van der Waals surface area contributed by atoms with Crippen LogP contribution in [0.4, 0.5) is 0 Å². The highest BCUT2D eigenvalue weighted by Gasteiger charge is 2.07. The number of methoxy groups -OCH3 is 1. The smallest absolute Gasteiger partial charge is 0.134 e. The number of ether oxygens (including phenoxy) is 1. The van der Waals surface area contributed by atoms with E-state index in [-0.39, 0.29) is 0 Å². The van der Waals surface area contributed by atoms with Gasteiger partial charge < -0.3 is 14.5 Å². The van der Waals surface area contributed by atoms with E-state index in [0.717, 1.165) is 39.4 Å². The van der Waals surface area contributed by atoms with Gasteiger partial charge in [-0.05, 0) is 42.8 Å². The van der Waals surface area contributed by atoms with Gasteiger partial charge in [-0.2, -0.15) is 0 Å². The summed E-state index contributed by atoms with van der Waals surface area (Å²) in [6, 6.07) is 18.3. The predicted molar refractivity (Wildman–Crippen MR) is 100 cm³/mol. The largest absolute Gasteiger partial charge is 0.496 e. The van der Waals surface area contributed by atoms with Crippen LogP contribution in [0.25, 0.3) is 11.3 Å². The van der Waals surface area contributed by atoms with Crippen molar-refractivity contribution in [2.45, 2.75) is 20.0 Å². The molecule has 24 heavy (non-hydrogen) atoms. The van der Waals surface area contributed by atoms with Gasteiger partial charge in [-0.1, -0.05) is 40.2 Å². The number of rotatable bonds is 6. The Morgan fingerprint density at radius 1 is 1.04 bits per heavy atom. The van der Waals surface area contributed by atoms with Crippen LogP contribution in [0, 0.1) is 6.92 Å². The third-order valence-corrected chi connectivity index (χ3v) is 4.80. The molecule has 0 aliphatic rings. The van der Waals surface area contributed by atoms with Crippen LogP contribution in [0.1, 0.15) is 16.9 Å². The maximum Gasteiger partial charge on any atom is 0.134 e. The lowest BCUT2D eigenvalue weighted by Crippen LogP contribution is -2.12. The summed E-state index contributed by atoms with van der Waals surface area (Å²) >= 11 is 3.52. The number of hydrogen-bond donors (Lipinski definition) is 1. The summed E-state index contributed by atoms with van der Waals surface area (Å²) in [5.74, 6) is 2.70. The summed E-state index contributed by atoms with van der Waals surface area (Å²) in [5, 5.41) is 3.40. The summed E-state index contributed by atoms with van der Waals surface area (Å²) in [6.45, 7) is 3.48. The summed E-state index contributed by atoms with van der Waals surface area (Å²) in [7, 11) is 1.69. The van der Waals surface area contributed by atoms with Crippen LogP contribution >= 0.6 is 15.9 Å². The molecule has 0 saturated heterocycles. The van der Waals surface area contributed by atoms with Crippen molar-refractivity contribution in [1.82, 2.24) is 5.32 Å². The second-order valence-corrected chi connectivity index (χ2v) is 6.50. The quantitative estimate of drug-likeness (QED) is 0.623. The lowest BCUT2D eigenvalue weighted by Gasteiger charge is -2.08. The minimum atomic E-state index is 0.674. The molecule has 0 unspecified atom stereocenters. The van der Waals surface area contributed by atoms with E-state index in [0.29, 0.717) is 6.54 Å². The Kier molecular flexibility index (Phi) is 5.38. The van der Waals surface area contributed by atoms with Gasteiger partial charge in [0.2, 0.25) is 0 Å². The van der Waals surface area contributed by atoms with Crippen LogP contribution in [0.15, 0.2) is 63.5 Å². The van der Waals surface area contributed by atoms with Crippen LogP contribution in [-0.4, -0.2) is 7.11 Å². The molecule has 3 nitrogen and oxygen atoms in total. The number of nitrogens with one attached hydrogen (secondary N) is 1. The van der Waals surface area contributed by atoms with Crippen LogP contribution in [-0.2, 0) is 13.1 Å². The van der Waals surface area contributed by atoms with Gasteiger partial charge in [0.05, 0.1) is 13.7 Å². The molecule has 3 rings (SSSR count). The molecule has 0 spiro atoms. The molecule has 4 heteroatoms. The first-order valence-corrected chi connectivity index (χ1v) is 8.64. The Morgan fingerprint density at radius 2 is 1.88 bits per heavy atom. The van der Waals surface area contributed by atoms with Crippen molar-refractivity contribution in [2.75, 3.05) is 7.11 Å². The molecule has 0 bridgehead atoms. The minimum absolute atomic E-state index is 0.674. The molecule has 1 N–H and O–H groups in total. The summed E-state index contributed by atoms with van der Waals surface area (Å²) in [4.78, 5) is 0. The van der Waals surface area contributed by atoms with Crippen LogP contribution in [0.3, 0.4) is 0 Å². The fraction of sp³-hybridized carbons (Fsp3) is 0.200. The highest BCUT2D eigenvalue weighted by molar-refractivity contribution is 9.10. The van der Waals surface area contributed by atoms with Gasteiger partial charge in [0.15, 0.2) is 0 Å². The lowest BCUT2D eigenvalue weighted by molar-refractivity contribution is 0.406. The molecule has 1 aromatic heterocycles. The predicted octanol–water partition coefficient (Wildman–Crippen LogP) is 5.32. The molecule has 3 aromatic rings. The summed E-state index contributed by atoms with van der Waals surface area (Å²) in [6.07, 6.45) is 0. The zero-order valence-electron chi connectivity index (χ0n) is 13.8. The Bertz CT molecular complexity index is 826. The molecular weight excluding hydrogens is 366 g/mol. The van der Waals surface area contributed by atoms with Crippen LogP contribution in [0.2, 0.25) is 0 Å². The number of furan rings is 1. The van der Waals surface area contributed by atoms with E-state index in [4.69, 9.17) is 9.15 Å². The van der Waals surface area contributed by atoms with Crippen molar-refractivity contribution < 1.29 is 9.15 Å². The van der Waals surface area contributed by atoms with Gasteiger partial charge in [0.1, 0.15) is 17.3 Å². The molecule has 0 aliphatic heterocycles. The van der Waals surface area contributed by atoms with E-state index in [9.17, 15) is 0 Å². The van der Waals surface area contributed by atoms with E-state index in [1.54, 1.807) is 7.11 Å². The van der Waals surface area contributed by atoms with Crippen LogP contribution in [0.5, 0.6) is 5.75 Å². The standard InChI is InChI=1S/C20H20BrNO2/c1-14-11-15(7-9-18(14)21)20-10-8-17(24-20)13-22-12-16-5-3-4-6-19(16)23-2/h3-11,22H,12-13H2,1-2H3. The van der Waals surface area contributed by atoms with E-state index in [2.05, 4.69) is 46.4 Å². The van der Waals surface area contributed by atoms with E-state index in [1.807, 2.05) is 36.4 Å². The van der Waals surface area contributed by atoms with Crippen molar-refractivity contribution in [3.63, 3.8) is 0 Å². The maximum absolute atomic E-state index is 5.95. The highest BCUT2D eigenvalue weighted by Crippen LogP contribution is 2.26. The van der Waals surface area contributed by atoms with Gasteiger partial charge in [-0.25, -0.2) is 0 Å². The Balaban J connectivity index is 1.63. The average molecular weight is 386 g/mol. The van der Waals surface area contributed by atoms with E-state index < -0.39 is 0 Å². The van der Waals surface area contributed by atoms with Gasteiger partial charge in [-0.3, -0.25) is 0 Å². The number of hydrogen-bond acceptors (Lipinski definition) is 3. The highest BCUT2D eigenvalue weighted by atomic mass is 79.9. The molecule has 124 valence electrons. The maximum atomic E-state index is 5.95. The van der Waals surface area contributed by atoms with Crippen LogP contribution < -0.4 is 10.1 Å². The first-order valence-electron chi connectivity index (χ1n) is 7.85. The first-order chi connectivity index (χ1) is 11.7. The number of aryl methyl sites for hydroxylation is 1. The second-order valence-electron chi connectivity index (χ2n) is 5.65. The minimum Gasteiger partial charge on any atom is -0.496 e. The molecule has 0 fully saturated rings. The zero-order chi connectivity index (χ0) is 16.9. The molecule has 1 heterocycles. The third kappa shape index (κ3) is 3.89. The van der Waals surface area contributed by atoms with Crippen molar-refractivity contribution in [3.05, 3.63) is 76.0 Å². The molecule has 0 radical (unpaired) electrons. The zero-order valence-corrected chi connectivity index (χ0v) is 15.4.